The van der Waals surface area contributed by atoms with E-state index in [-0.39, 0.29) is 0 Å². The van der Waals surface area contributed by atoms with Gasteiger partial charge in [0.1, 0.15) is 5.82 Å². The molecule has 2 heterocycles. The van der Waals surface area contributed by atoms with Gasteiger partial charge in [-0.1, -0.05) is 38.1 Å². The van der Waals surface area contributed by atoms with Gasteiger partial charge in [0.15, 0.2) is 0 Å². The lowest BCUT2D eigenvalue weighted by atomic mass is 10.0. The number of hydrogen-bond acceptors (Lipinski definition) is 5. The minimum atomic E-state index is 0.399. The van der Waals surface area contributed by atoms with Crippen LogP contribution in [0, 0.1) is 5.92 Å². The van der Waals surface area contributed by atoms with Crippen molar-refractivity contribution in [3.63, 3.8) is 0 Å². The van der Waals surface area contributed by atoms with Gasteiger partial charge in [-0.05, 0) is 48.9 Å². The molecule has 3 rings (SSSR count). The molecule has 1 aliphatic heterocycles. The number of benzene rings is 1. The SMILES string of the molecule is CNc1ccnc(NC2CCCN(Cc3ccc(CC(C)C)cc3)C2)n1. The molecule has 0 amide bonds. The molecule has 1 unspecified atom stereocenters. The van der Waals surface area contributed by atoms with Crippen molar-refractivity contribution in [3.8, 4) is 0 Å². The Morgan fingerprint density at radius 1 is 1.15 bits per heavy atom. The highest BCUT2D eigenvalue weighted by molar-refractivity contribution is 5.39. The topological polar surface area (TPSA) is 53.1 Å². The second-order valence-electron chi connectivity index (χ2n) is 7.65. The number of likely N-dealkylation sites (tertiary alicyclic amines) is 1. The molecule has 0 aliphatic carbocycles. The van der Waals surface area contributed by atoms with Crippen molar-refractivity contribution in [2.75, 3.05) is 30.8 Å². The quantitative estimate of drug-likeness (QED) is 0.793. The zero-order chi connectivity index (χ0) is 18.4. The first kappa shape index (κ1) is 18.6. The van der Waals surface area contributed by atoms with Crippen molar-refractivity contribution in [2.45, 2.75) is 45.7 Å². The molecular weight excluding hydrogens is 322 g/mol. The van der Waals surface area contributed by atoms with E-state index in [1.54, 1.807) is 6.20 Å². The molecule has 1 atom stereocenters. The van der Waals surface area contributed by atoms with E-state index in [2.05, 4.69) is 63.6 Å². The Bertz CT molecular complexity index is 683. The molecule has 1 fully saturated rings. The molecule has 0 saturated carbocycles. The molecule has 0 radical (unpaired) electrons. The molecule has 1 aliphatic rings. The Balaban J connectivity index is 1.54. The highest BCUT2D eigenvalue weighted by Crippen LogP contribution is 2.18. The van der Waals surface area contributed by atoms with Crippen LogP contribution in [0.25, 0.3) is 0 Å². The van der Waals surface area contributed by atoms with Crippen molar-refractivity contribution in [2.24, 2.45) is 5.92 Å². The minimum absolute atomic E-state index is 0.399. The lowest BCUT2D eigenvalue weighted by Crippen LogP contribution is -2.41. The zero-order valence-corrected chi connectivity index (χ0v) is 16.2. The smallest absolute Gasteiger partial charge is 0.224 e. The van der Waals surface area contributed by atoms with E-state index in [9.17, 15) is 0 Å². The van der Waals surface area contributed by atoms with Gasteiger partial charge in [0.05, 0.1) is 0 Å². The van der Waals surface area contributed by atoms with E-state index in [1.165, 1.54) is 17.5 Å². The number of anilines is 2. The molecule has 1 aromatic heterocycles. The third kappa shape index (κ3) is 5.43. The van der Waals surface area contributed by atoms with Crippen molar-refractivity contribution in [1.82, 2.24) is 14.9 Å². The summed E-state index contributed by atoms with van der Waals surface area (Å²) < 4.78 is 0. The molecule has 0 bridgehead atoms. The minimum Gasteiger partial charge on any atom is -0.373 e. The van der Waals surface area contributed by atoms with Gasteiger partial charge in [-0.25, -0.2) is 4.98 Å². The molecule has 1 aromatic carbocycles. The van der Waals surface area contributed by atoms with Gasteiger partial charge in [0.2, 0.25) is 5.95 Å². The van der Waals surface area contributed by atoms with Gasteiger partial charge >= 0.3 is 0 Å². The number of hydrogen-bond donors (Lipinski definition) is 2. The van der Waals surface area contributed by atoms with Gasteiger partial charge < -0.3 is 10.6 Å². The van der Waals surface area contributed by atoms with E-state index in [0.29, 0.717) is 17.9 Å². The fourth-order valence-corrected chi connectivity index (χ4v) is 3.58. The average Bonchev–Trinajstić information content (AvgIpc) is 2.63. The van der Waals surface area contributed by atoms with Crippen LogP contribution in [0.4, 0.5) is 11.8 Å². The van der Waals surface area contributed by atoms with Crippen LogP contribution in [0.15, 0.2) is 36.5 Å². The van der Waals surface area contributed by atoms with Crippen molar-refractivity contribution >= 4 is 11.8 Å². The number of rotatable bonds is 7. The van der Waals surface area contributed by atoms with E-state index < -0.39 is 0 Å². The van der Waals surface area contributed by atoms with E-state index >= 15 is 0 Å². The summed E-state index contributed by atoms with van der Waals surface area (Å²) >= 11 is 0. The first-order valence-electron chi connectivity index (χ1n) is 9.70. The van der Waals surface area contributed by atoms with Crippen molar-refractivity contribution < 1.29 is 0 Å². The van der Waals surface area contributed by atoms with Crippen molar-refractivity contribution in [1.29, 1.82) is 0 Å². The summed E-state index contributed by atoms with van der Waals surface area (Å²) in [6, 6.07) is 11.4. The second kappa shape index (κ2) is 8.99. The van der Waals surface area contributed by atoms with Gasteiger partial charge in [0.25, 0.3) is 0 Å². The summed E-state index contributed by atoms with van der Waals surface area (Å²) in [5, 5.41) is 6.56. The second-order valence-corrected chi connectivity index (χ2v) is 7.65. The molecule has 1 saturated heterocycles. The Morgan fingerprint density at radius 2 is 1.92 bits per heavy atom. The van der Waals surface area contributed by atoms with Gasteiger partial charge in [-0.3, -0.25) is 4.90 Å². The normalized spacial score (nSPS) is 18.1. The molecule has 2 N–H and O–H groups in total. The van der Waals surface area contributed by atoms with Crippen LogP contribution in [0.5, 0.6) is 0 Å². The summed E-state index contributed by atoms with van der Waals surface area (Å²) in [7, 11) is 1.88. The molecule has 5 nitrogen and oxygen atoms in total. The van der Waals surface area contributed by atoms with Crippen LogP contribution in [-0.4, -0.2) is 41.0 Å². The number of aromatic nitrogens is 2. The molecule has 5 heteroatoms. The number of piperidine rings is 1. The molecule has 140 valence electrons. The number of nitrogens with zero attached hydrogens (tertiary/aromatic N) is 3. The Kier molecular flexibility index (Phi) is 6.45. The predicted octanol–water partition coefficient (Wildman–Crippen LogP) is 3.79. The lowest BCUT2D eigenvalue weighted by molar-refractivity contribution is 0.208. The third-order valence-electron chi connectivity index (χ3n) is 4.82. The van der Waals surface area contributed by atoms with Gasteiger partial charge in [0, 0.05) is 32.4 Å². The fraction of sp³-hybridized carbons (Fsp3) is 0.524. The zero-order valence-electron chi connectivity index (χ0n) is 16.2. The van der Waals surface area contributed by atoms with Crippen molar-refractivity contribution in [3.05, 3.63) is 47.7 Å². The summed E-state index contributed by atoms with van der Waals surface area (Å²) in [6.45, 7) is 7.73. The number of nitrogens with one attached hydrogen (secondary N) is 2. The maximum atomic E-state index is 4.48. The van der Waals surface area contributed by atoms with E-state index in [4.69, 9.17) is 0 Å². The Labute approximate surface area is 157 Å². The first-order chi connectivity index (χ1) is 12.6. The largest absolute Gasteiger partial charge is 0.373 e. The predicted molar refractivity (Wildman–Crippen MR) is 108 cm³/mol. The summed E-state index contributed by atoms with van der Waals surface area (Å²) in [4.78, 5) is 11.3. The fourth-order valence-electron chi connectivity index (χ4n) is 3.58. The lowest BCUT2D eigenvalue weighted by Gasteiger charge is -2.33. The standard InChI is InChI=1S/C21H31N5/c1-16(2)13-17-6-8-18(9-7-17)14-26-12-4-5-19(15-26)24-21-23-11-10-20(22-3)25-21/h6-11,16,19H,4-5,12-15H2,1-3H3,(H2,22,23,24,25). The Hall–Kier alpha value is -2.14. The highest BCUT2D eigenvalue weighted by Gasteiger charge is 2.20. The van der Waals surface area contributed by atoms with Gasteiger partial charge in [-0.2, -0.15) is 4.98 Å². The summed E-state index contributed by atoms with van der Waals surface area (Å²) in [6.07, 6.45) is 5.31. The van der Waals surface area contributed by atoms with E-state index in [0.717, 1.165) is 38.3 Å². The molecule has 0 spiro atoms. The van der Waals surface area contributed by atoms with Crippen LogP contribution in [0.1, 0.15) is 37.8 Å². The monoisotopic (exact) mass is 353 g/mol. The van der Waals surface area contributed by atoms with Gasteiger partial charge in [-0.15, -0.1) is 0 Å². The van der Waals surface area contributed by atoms with Crippen LogP contribution in [0.2, 0.25) is 0 Å². The average molecular weight is 354 g/mol. The highest BCUT2D eigenvalue weighted by atomic mass is 15.2. The Morgan fingerprint density at radius 3 is 2.65 bits per heavy atom. The first-order valence-corrected chi connectivity index (χ1v) is 9.70. The third-order valence-corrected chi connectivity index (χ3v) is 4.82. The molecule has 26 heavy (non-hydrogen) atoms. The van der Waals surface area contributed by atoms with Crippen LogP contribution in [0.3, 0.4) is 0 Å². The maximum absolute atomic E-state index is 4.48. The molecule has 2 aromatic rings. The van der Waals surface area contributed by atoms with Crippen LogP contribution in [-0.2, 0) is 13.0 Å². The maximum Gasteiger partial charge on any atom is 0.224 e. The molecular formula is C21H31N5. The summed E-state index contributed by atoms with van der Waals surface area (Å²) in [5.74, 6) is 2.26. The summed E-state index contributed by atoms with van der Waals surface area (Å²) in [5.41, 5.74) is 2.83. The van der Waals surface area contributed by atoms with Crippen LogP contribution < -0.4 is 10.6 Å². The van der Waals surface area contributed by atoms with E-state index in [1.807, 2.05) is 13.1 Å². The van der Waals surface area contributed by atoms with Crippen LogP contribution >= 0.6 is 0 Å².